The quantitative estimate of drug-likeness (QED) is 0.891. The second-order valence-electron chi connectivity index (χ2n) is 4.87. The summed E-state index contributed by atoms with van der Waals surface area (Å²) in [4.78, 5) is 4.40. The SMILES string of the molecule is Cc1cccc(C)c1C(N)C(C)c1ccccn1. The van der Waals surface area contributed by atoms with Gasteiger partial charge in [-0.25, -0.2) is 0 Å². The van der Waals surface area contributed by atoms with Crippen LogP contribution in [-0.2, 0) is 0 Å². The van der Waals surface area contributed by atoms with E-state index >= 15 is 0 Å². The van der Waals surface area contributed by atoms with Gasteiger partial charge in [-0.1, -0.05) is 31.2 Å². The van der Waals surface area contributed by atoms with E-state index in [9.17, 15) is 0 Å². The van der Waals surface area contributed by atoms with Gasteiger partial charge < -0.3 is 5.73 Å². The van der Waals surface area contributed by atoms with Crippen LogP contribution in [0.3, 0.4) is 0 Å². The Bertz CT molecular complexity index is 500. The van der Waals surface area contributed by atoms with Gasteiger partial charge in [-0.2, -0.15) is 0 Å². The van der Waals surface area contributed by atoms with E-state index < -0.39 is 0 Å². The van der Waals surface area contributed by atoms with Crippen LogP contribution >= 0.6 is 0 Å². The first kappa shape index (κ1) is 12.8. The van der Waals surface area contributed by atoms with Crippen molar-refractivity contribution in [2.24, 2.45) is 5.73 Å². The Kier molecular flexibility index (Phi) is 3.78. The zero-order valence-electron chi connectivity index (χ0n) is 11.2. The molecule has 1 aromatic heterocycles. The molecule has 0 aliphatic rings. The van der Waals surface area contributed by atoms with E-state index in [0.29, 0.717) is 0 Å². The van der Waals surface area contributed by atoms with Crippen LogP contribution in [0.25, 0.3) is 0 Å². The van der Waals surface area contributed by atoms with Gasteiger partial charge in [0.15, 0.2) is 0 Å². The summed E-state index contributed by atoms with van der Waals surface area (Å²) in [6, 6.07) is 12.3. The Balaban J connectivity index is 2.34. The van der Waals surface area contributed by atoms with Gasteiger partial charge in [-0.05, 0) is 42.7 Å². The number of hydrogen-bond donors (Lipinski definition) is 1. The third kappa shape index (κ3) is 2.44. The van der Waals surface area contributed by atoms with Gasteiger partial charge in [0.05, 0.1) is 0 Å². The molecule has 2 N–H and O–H groups in total. The lowest BCUT2D eigenvalue weighted by molar-refractivity contribution is 0.578. The van der Waals surface area contributed by atoms with Gasteiger partial charge >= 0.3 is 0 Å². The monoisotopic (exact) mass is 240 g/mol. The summed E-state index contributed by atoms with van der Waals surface area (Å²) in [6.07, 6.45) is 1.82. The van der Waals surface area contributed by atoms with Crippen LogP contribution < -0.4 is 5.73 Å². The molecule has 2 atom stereocenters. The van der Waals surface area contributed by atoms with Gasteiger partial charge in [0.1, 0.15) is 0 Å². The van der Waals surface area contributed by atoms with Crippen molar-refractivity contribution in [3.05, 3.63) is 65.0 Å². The Hall–Kier alpha value is -1.67. The summed E-state index contributed by atoms with van der Waals surface area (Å²) in [7, 11) is 0. The van der Waals surface area contributed by atoms with E-state index in [1.54, 1.807) is 0 Å². The number of pyridine rings is 1. The lowest BCUT2D eigenvalue weighted by Gasteiger charge is -2.23. The third-order valence-electron chi connectivity index (χ3n) is 3.57. The normalized spacial score (nSPS) is 14.2. The fraction of sp³-hybridized carbons (Fsp3) is 0.312. The van der Waals surface area contributed by atoms with E-state index in [-0.39, 0.29) is 12.0 Å². The number of benzene rings is 1. The maximum Gasteiger partial charge on any atom is 0.0450 e. The van der Waals surface area contributed by atoms with Crippen LogP contribution in [0.1, 0.15) is 41.3 Å². The standard InChI is InChI=1S/C16H20N2/c1-11-7-6-8-12(2)15(11)16(17)13(3)14-9-4-5-10-18-14/h4-10,13,16H,17H2,1-3H3. The summed E-state index contributed by atoms with van der Waals surface area (Å²) in [5.41, 5.74) is 11.2. The minimum atomic E-state index is -0.0129. The predicted octanol–water partition coefficient (Wildman–Crippen LogP) is 3.50. The van der Waals surface area contributed by atoms with Gasteiger partial charge in [-0.15, -0.1) is 0 Å². The summed E-state index contributed by atoms with van der Waals surface area (Å²) < 4.78 is 0. The molecule has 0 aliphatic carbocycles. The van der Waals surface area contributed by atoms with Crippen LogP contribution in [-0.4, -0.2) is 4.98 Å². The second kappa shape index (κ2) is 5.32. The van der Waals surface area contributed by atoms with Gasteiger partial charge in [0, 0.05) is 23.9 Å². The van der Waals surface area contributed by atoms with Gasteiger partial charge in [0.2, 0.25) is 0 Å². The molecule has 0 saturated carbocycles. The highest BCUT2D eigenvalue weighted by Crippen LogP contribution is 2.31. The van der Waals surface area contributed by atoms with Crippen molar-refractivity contribution in [1.82, 2.24) is 4.98 Å². The number of nitrogens with zero attached hydrogens (tertiary/aromatic N) is 1. The molecule has 2 rings (SSSR count). The molecule has 18 heavy (non-hydrogen) atoms. The summed E-state index contributed by atoms with van der Waals surface area (Å²) in [5, 5.41) is 0. The summed E-state index contributed by atoms with van der Waals surface area (Å²) in [5.74, 6) is 0.214. The van der Waals surface area contributed by atoms with Crippen molar-refractivity contribution in [2.75, 3.05) is 0 Å². The molecule has 0 radical (unpaired) electrons. The number of aryl methyl sites for hydroxylation is 2. The number of aromatic nitrogens is 1. The maximum absolute atomic E-state index is 6.43. The molecule has 2 nitrogen and oxygen atoms in total. The smallest absolute Gasteiger partial charge is 0.0450 e. The van der Waals surface area contributed by atoms with Crippen LogP contribution in [0, 0.1) is 13.8 Å². The Labute approximate surface area is 109 Å². The van der Waals surface area contributed by atoms with E-state index in [1.165, 1.54) is 16.7 Å². The summed E-state index contributed by atoms with van der Waals surface area (Å²) in [6.45, 7) is 6.37. The molecule has 1 aromatic carbocycles. The van der Waals surface area contributed by atoms with E-state index in [4.69, 9.17) is 5.73 Å². The van der Waals surface area contributed by atoms with Crippen molar-refractivity contribution >= 4 is 0 Å². The van der Waals surface area contributed by atoms with Crippen molar-refractivity contribution in [3.8, 4) is 0 Å². The van der Waals surface area contributed by atoms with Gasteiger partial charge in [-0.3, -0.25) is 4.98 Å². The highest BCUT2D eigenvalue weighted by molar-refractivity contribution is 5.37. The Morgan fingerprint density at radius 2 is 1.67 bits per heavy atom. The zero-order valence-corrected chi connectivity index (χ0v) is 11.2. The molecule has 94 valence electrons. The van der Waals surface area contributed by atoms with Crippen LogP contribution in [0.2, 0.25) is 0 Å². The number of rotatable bonds is 3. The first-order valence-electron chi connectivity index (χ1n) is 6.34. The Morgan fingerprint density at radius 3 is 2.22 bits per heavy atom. The van der Waals surface area contributed by atoms with Crippen LogP contribution in [0.4, 0.5) is 0 Å². The molecule has 0 spiro atoms. The Morgan fingerprint density at radius 1 is 1.00 bits per heavy atom. The predicted molar refractivity (Wildman–Crippen MR) is 75.5 cm³/mol. The van der Waals surface area contributed by atoms with Crippen molar-refractivity contribution in [3.63, 3.8) is 0 Å². The molecular formula is C16H20N2. The fourth-order valence-electron chi connectivity index (χ4n) is 2.43. The molecule has 0 saturated heterocycles. The molecule has 0 fully saturated rings. The highest BCUT2D eigenvalue weighted by Gasteiger charge is 2.20. The largest absolute Gasteiger partial charge is 0.323 e. The minimum absolute atomic E-state index is 0.0129. The average Bonchev–Trinajstić information content (AvgIpc) is 2.38. The van der Waals surface area contributed by atoms with Crippen LogP contribution in [0.15, 0.2) is 42.6 Å². The minimum Gasteiger partial charge on any atom is -0.323 e. The average molecular weight is 240 g/mol. The van der Waals surface area contributed by atoms with Crippen molar-refractivity contribution in [2.45, 2.75) is 32.7 Å². The van der Waals surface area contributed by atoms with E-state index in [2.05, 4.69) is 44.0 Å². The van der Waals surface area contributed by atoms with Crippen molar-refractivity contribution in [1.29, 1.82) is 0 Å². The molecule has 1 heterocycles. The van der Waals surface area contributed by atoms with Gasteiger partial charge in [0.25, 0.3) is 0 Å². The number of nitrogens with two attached hydrogens (primary N) is 1. The third-order valence-corrected chi connectivity index (χ3v) is 3.57. The zero-order chi connectivity index (χ0) is 13.1. The van der Waals surface area contributed by atoms with E-state index in [0.717, 1.165) is 5.69 Å². The first-order chi connectivity index (χ1) is 8.61. The fourth-order valence-corrected chi connectivity index (χ4v) is 2.43. The summed E-state index contributed by atoms with van der Waals surface area (Å²) >= 11 is 0. The number of hydrogen-bond acceptors (Lipinski definition) is 2. The topological polar surface area (TPSA) is 38.9 Å². The molecule has 2 aromatic rings. The highest BCUT2D eigenvalue weighted by atomic mass is 14.7. The molecule has 2 heteroatoms. The molecule has 0 aliphatic heterocycles. The van der Waals surface area contributed by atoms with E-state index in [1.807, 2.05) is 24.4 Å². The lowest BCUT2D eigenvalue weighted by Crippen LogP contribution is -2.20. The molecule has 0 amide bonds. The van der Waals surface area contributed by atoms with Crippen LogP contribution in [0.5, 0.6) is 0 Å². The lowest BCUT2D eigenvalue weighted by atomic mass is 9.87. The maximum atomic E-state index is 6.43. The first-order valence-corrected chi connectivity index (χ1v) is 6.34. The second-order valence-corrected chi connectivity index (χ2v) is 4.87. The molecule has 0 bridgehead atoms. The molecular weight excluding hydrogens is 220 g/mol. The van der Waals surface area contributed by atoms with Crippen molar-refractivity contribution < 1.29 is 0 Å². The molecule has 2 unspecified atom stereocenters.